The molecule has 0 aliphatic carbocycles. The van der Waals surface area contributed by atoms with E-state index in [4.69, 9.17) is 9.47 Å². The first-order chi connectivity index (χ1) is 14.1. The second-order valence-electron chi connectivity index (χ2n) is 6.49. The molecule has 0 amide bonds. The molecule has 0 unspecified atom stereocenters. The molecule has 1 aliphatic heterocycles. The molecule has 0 saturated heterocycles. The van der Waals surface area contributed by atoms with Gasteiger partial charge in [0.15, 0.2) is 17.5 Å². The Balaban J connectivity index is 1.36. The zero-order chi connectivity index (χ0) is 20.5. The molecule has 8 nitrogen and oxygen atoms in total. The van der Waals surface area contributed by atoms with Crippen LogP contribution in [0.5, 0.6) is 11.5 Å². The first-order valence-electron chi connectivity index (χ1n) is 9.40. The summed E-state index contributed by atoms with van der Waals surface area (Å²) in [5.41, 5.74) is 2.04. The number of hydrogen-bond acceptors (Lipinski definition) is 5. The number of benzene rings is 2. The largest absolute Gasteiger partial charge is 0.454 e. The van der Waals surface area contributed by atoms with E-state index in [1.54, 1.807) is 7.05 Å². The average molecular weight is 419 g/mol. The number of fused-ring (bicyclic) bond motifs is 1. The second kappa shape index (κ2) is 10.1. The standard InChI is InChI=1S/C20H26N4O4S/c1-21-20(22-10-9-16-7-8-18-19(13-16)28-15-27-18)23-11-12-29(25,26)24-14-17-5-3-2-4-6-17/h2-8,13,24H,9-12,14-15H2,1H3,(H2,21,22,23). The van der Waals surface area contributed by atoms with Gasteiger partial charge in [-0.05, 0) is 29.7 Å². The molecule has 2 aromatic rings. The number of ether oxygens (including phenoxy) is 2. The molecule has 9 heteroatoms. The van der Waals surface area contributed by atoms with E-state index in [-0.39, 0.29) is 25.6 Å². The third kappa shape index (κ3) is 6.65. The van der Waals surface area contributed by atoms with Gasteiger partial charge >= 0.3 is 0 Å². The third-order valence-corrected chi connectivity index (χ3v) is 5.69. The number of nitrogens with zero attached hydrogens (tertiary/aromatic N) is 1. The van der Waals surface area contributed by atoms with Gasteiger partial charge in [0, 0.05) is 26.7 Å². The van der Waals surface area contributed by atoms with Crippen LogP contribution in [0.15, 0.2) is 53.5 Å². The monoisotopic (exact) mass is 418 g/mol. The van der Waals surface area contributed by atoms with Gasteiger partial charge in [0.25, 0.3) is 0 Å². The van der Waals surface area contributed by atoms with Crippen LogP contribution in [0.2, 0.25) is 0 Å². The summed E-state index contributed by atoms with van der Waals surface area (Å²) >= 11 is 0. The Morgan fingerprint density at radius 1 is 1.00 bits per heavy atom. The summed E-state index contributed by atoms with van der Waals surface area (Å²) in [7, 11) is -1.72. The molecule has 3 rings (SSSR count). The fraction of sp³-hybridized carbons (Fsp3) is 0.350. The lowest BCUT2D eigenvalue weighted by Crippen LogP contribution is -2.41. The fourth-order valence-electron chi connectivity index (χ4n) is 2.81. The summed E-state index contributed by atoms with van der Waals surface area (Å²) in [4.78, 5) is 4.12. The normalized spacial score (nSPS) is 13.3. The molecule has 29 heavy (non-hydrogen) atoms. The lowest BCUT2D eigenvalue weighted by Gasteiger charge is -2.12. The minimum Gasteiger partial charge on any atom is -0.454 e. The highest BCUT2D eigenvalue weighted by molar-refractivity contribution is 7.89. The predicted octanol–water partition coefficient (Wildman–Crippen LogP) is 1.24. The average Bonchev–Trinajstić information content (AvgIpc) is 3.20. The zero-order valence-corrected chi connectivity index (χ0v) is 17.2. The summed E-state index contributed by atoms with van der Waals surface area (Å²) < 4.78 is 37.6. The van der Waals surface area contributed by atoms with Crippen LogP contribution in [0.25, 0.3) is 0 Å². The summed E-state index contributed by atoms with van der Waals surface area (Å²) in [5.74, 6) is 2.05. The number of rotatable bonds is 9. The van der Waals surface area contributed by atoms with E-state index in [2.05, 4.69) is 20.3 Å². The van der Waals surface area contributed by atoms with Crippen LogP contribution in [0.1, 0.15) is 11.1 Å². The van der Waals surface area contributed by atoms with Gasteiger partial charge in [-0.2, -0.15) is 0 Å². The molecule has 0 saturated carbocycles. The minimum atomic E-state index is -3.37. The number of nitrogens with one attached hydrogen (secondary N) is 3. The Morgan fingerprint density at radius 3 is 2.55 bits per heavy atom. The Hall–Kier alpha value is -2.78. The molecule has 3 N–H and O–H groups in total. The van der Waals surface area contributed by atoms with E-state index >= 15 is 0 Å². The predicted molar refractivity (Wildman–Crippen MR) is 113 cm³/mol. The Morgan fingerprint density at radius 2 is 1.76 bits per heavy atom. The number of aliphatic imine (C=N–C) groups is 1. The smallest absolute Gasteiger partial charge is 0.231 e. The highest BCUT2D eigenvalue weighted by Gasteiger charge is 2.13. The molecule has 0 aromatic heterocycles. The molecule has 1 heterocycles. The molecular weight excluding hydrogens is 392 g/mol. The van der Waals surface area contributed by atoms with Crippen molar-refractivity contribution in [3.8, 4) is 11.5 Å². The summed E-state index contributed by atoms with van der Waals surface area (Å²) in [6, 6.07) is 15.3. The third-order valence-electron chi connectivity index (χ3n) is 4.37. The van der Waals surface area contributed by atoms with Crippen molar-refractivity contribution in [2.45, 2.75) is 13.0 Å². The number of guanidine groups is 1. The van der Waals surface area contributed by atoms with E-state index < -0.39 is 10.0 Å². The first kappa shape index (κ1) is 20.9. The Kier molecular flexibility index (Phi) is 7.31. The van der Waals surface area contributed by atoms with Gasteiger partial charge < -0.3 is 20.1 Å². The maximum absolute atomic E-state index is 12.1. The van der Waals surface area contributed by atoms with Gasteiger partial charge in [-0.1, -0.05) is 36.4 Å². The number of hydrogen-bond donors (Lipinski definition) is 3. The Labute approximate surface area is 171 Å². The van der Waals surface area contributed by atoms with Crippen LogP contribution < -0.4 is 24.8 Å². The molecule has 0 fully saturated rings. The van der Waals surface area contributed by atoms with Gasteiger partial charge in [-0.25, -0.2) is 13.1 Å². The van der Waals surface area contributed by atoms with Crippen LogP contribution >= 0.6 is 0 Å². The topological polar surface area (TPSA) is 101 Å². The van der Waals surface area contributed by atoms with Gasteiger partial charge in [0.1, 0.15) is 0 Å². The van der Waals surface area contributed by atoms with Crippen molar-refractivity contribution in [1.82, 2.24) is 15.4 Å². The van der Waals surface area contributed by atoms with Crippen LogP contribution in [0.4, 0.5) is 0 Å². The molecular formula is C20H26N4O4S. The van der Waals surface area contributed by atoms with Crippen molar-refractivity contribution in [3.63, 3.8) is 0 Å². The molecule has 0 atom stereocenters. The molecule has 2 aromatic carbocycles. The lowest BCUT2D eigenvalue weighted by atomic mass is 10.1. The first-order valence-corrected chi connectivity index (χ1v) is 11.1. The van der Waals surface area contributed by atoms with Gasteiger partial charge in [0.2, 0.25) is 16.8 Å². The molecule has 1 aliphatic rings. The highest BCUT2D eigenvalue weighted by Crippen LogP contribution is 2.32. The lowest BCUT2D eigenvalue weighted by molar-refractivity contribution is 0.174. The molecule has 0 radical (unpaired) electrons. The van der Waals surface area contributed by atoms with Crippen molar-refractivity contribution < 1.29 is 17.9 Å². The van der Waals surface area contributed by atoms with Crippen molar-refractivity contribution in [1.29, 1.82) is 0 Å². The van der Waals surface area contributed by atoms with Crippen molar-refractivity contribution in [3.05, 3.63) is 59.7 Å². The second-order valence-corrected chi connectivity index (χ2v) is 8.42. The summed E-state index contributed by atoms with van der Waals surface area (Å²) in [5, 5.41) is 6.21. The van der Waals surface area contributed by atoms with Gasteiger partial charge in [-0.15, -0.1) is 0 Å². The molecule has 0 spiro atoms. The van der Waals surface area contributed by atoms with Crippen LogP contribution in [-0.4, -0.2) is 47.1 Å². The van der Waals surface area contributed by atoms with Gasteiger partial charge in [0.05, 0.1) is 5.75 Å². The van der Waals surface area contributed by atoms with Crippen molar-refractivity contribution >= 4 is 16.0 Å². The fourth-order valence-corrected chi connectivity index (χ4v) is 3.71. The van der Waals surface area contributed by atoms with Crippen LogP contribution in [0, 0.1) is 0 Å². The van der Waals surface area contributed by atoms with Crippen molar-refractivity contribution in [2.75, 3.05) is 32.7 Å². The maximum atomic E-state index is 12.1. The number of sulfonamides is 1. The van der Waals surface area contributed by atoms with E-state index in [9.17, 15) is 8.42 Å². The SMILES string of the molecule is CN=C(NCCc1ccc2c(c1)OCO2)NCCS(=O)(=O)NCc1ccccc1. The Bertz CT molecular complexity index is 933. The minimum absolute atomic E-state index is 0.0390. The maximum Gasteiger partial charge on any atom is 0.231 e. The summed E-state index contributed by atoms with van der Waals surface area (Å²) in [6.45, 7) is 1.45. The molecule has 0 bridgehead atoms. The van der Waals surface area contributed by atoms with Gasteiger partial charge in [-0.3, -0.25) is 4.99 Å². The van der Waals surface area contributed by atoms with E-state index in [0.29, 0.717) is 12.5 Å². The van der Waals surface area contributed by atoms with E-state index in [1.807, 2.05) is 48.5 Å². The van der Waals surface area contributed by atoms with E-state index in [1.165, 1.54) is 0 Å². The van der Waals surface area contributed by atoms with Crippen LogP contribution in [-0.2, 0) is 23.0 Å². The highest BCUT2D eigenvalue weighted by atomic mass is 32.2. The zero-order valence-electron chi connectivity index (χ0n) is 16.3. The summed E-state index contributed by atoms with van der Waals surface area (Å²) in [6.07, 6.45) is 0.772. The quantitative estimate of drug-likeness (QED) is 0.418. The van der Waals surface area contributed by atoms with E-state index in [0.717, 1.165) is 29.0 Å². The molecule has 156 valence electrons. The van der Waals surface area contributed by atoms with Crippen molar-refractivity contribution in [2.24, 2.45) is 4.99 Å². The van der Waals surface area contributed by atoms with Crippen LogP contribution in [0.3, 0.4) is 0 Å².